The lowest BCUT2D eigenvalue weighted by Gasteiger charge is -2.31. The number of amides is 1. The molecule has 1 atom stereocenters. The molecule has 0 aliphatic carbocycles. The van der Waals surface area contributed by atoms with Crippen LogP contribution in [0.15, 0.2) is 53.5 Å². The van der Waals surface area contributed by atoms with Gasteiger partial charge in [-0.3, -0.25) is 14.7 Å². The number of hydrogen-bond acceptors (Lipinski definition) is 5. The minimum Gasteiger partial charge on any atom is -0.383 e. The van der Waals surface area contributed by atoms with E-state index in [1.807, 2.05) is 48.5 Å². The summed E-state index contributed by atoms with van der Waals surface area (Å²) in [6.07, 6.45) is 2.71. The van der Waals surface area contributed by atoms with Crippen LogP contribution in [-0.4, -0.2) is 47.1 Å². The van der Waals surface area contributed by atoms with Crippen LogP contribution in [0.5, 0.6) is 0 Å². The molecule has 1 aliphatic heterocycles. The number of piperidine rings is 1. The Morgan fingerprint density at radius 3 is 2.44 bits per heavy atom. The van der Waals surface area contributed by atoms with Crippen LogP contribution >= 0.6 is 11.6 Å². The van der Waals surface area contributed by atoms with Crippen molar-refractivity contribution in [3.05, 3.63) is 70.2 Å². The first-order valence-electron chi connectivity index (χ1n) is 10.6. The first kappa shape index (κ1) is 22.0. The van der Waals surface area contributed by atoms with Crippen molar-refractivity contribution in [2.75, 3.05) is 25.5 Å². The van der Waals surface area contributed by atoms with E-state index < -0.39 is 5.91 Å². The SMILES string of the molecule is C=NCN1CCCC(n2nc(-c3ccc(Cc4ccc(Cl)cc4)cc3)c(C(N)=O)c2N)C1. The number of rotatable bonds is 7. The normalized spacial score (nSPS) is 16.7. The largest absolute Gasteiger partial charge is 0.383 e. The van der Waals surface area contributed by atoms with E-state index in [0.717, 1.165) is 48.5 Å². The highest BCUT2D eigenvalue weighted by Gasteiger charge is 2.28. The maximum Gasteiger partial charge on any atom is 0.254 e. The van der Waals surface area contributed by atoms with Crippen molar-refractivity contribution in [1.29, 1.82) is 0 Å². The molecule has 1 fully saturated rings. The summed E-state index contributed by atoms with van der Waals surface area (Å²) >= 11 is 5.97. The number of aromatic nitrogens is 2. The van der Waals surface area contributed by atoms with E-state index in [0.29, 0.717) is 18.2 Å². The lowest BCUT2D eigenvalue weighted by atomic mass is 10.0. The highest BCUT2D eigenvalue weighted by Crippen LogP contribution is 2.32. The third kappa shape index (κ3) is 4.69. The van der Waals surface area contributed by atoms with Crippen molar-refractivity contribution < 1.29 is 4.79 Å². The number of anilines is 1. The van der Waals surface area contributed by atoms with E-state index >= 15 is 0 Å². The minimum atomic E-state index is -0.575. The Morgan fingerprint density at radius 2 is 1.81 bits per heavy atom. The first-order valence-corrected chi connectivity index (χ1v) is 11.0. The van der Waals surface area contributed by atoms with Gasteiger partial charge in [-0.2, -0.15) is 5.10 Å². The summed E-state index contributed by atoms with van der Waals surface area (Å²) in [6, 6.07) is 15.8. The number of hydrogen-bond donors (Lipinski definition) is 2. The van der Waals surface area contributed by atoms with Crippen molar-refractivity contribution >= 4 is 30.0 Å². The molecule has 2 aromatic carbocycles. The molecular weight excluding hydrogens is 424 g/mol. The van der Waals surface area contributed by atoms with Gasteiger partial charge in [0.1, 0.15) is 17.1 Å². The van der Waals surface area contributed by atoms with Gasteiger partial charge in [0.15, 0.2) is 0 Å². The standard InChI is InChI=1S/C24H27ClN6O/c1-28-15-30-12-2-3-20(14-30)31-23(26)21(24(27)32)22(29-31)18-8-4-16(5-9-18)13-17-6-10-19(25)11-7-17/h4-11,20H,1-3,12-15,26H2,(H2,27,32). The van der Waals surface area contributed by atoms with E-state index in [2.05, 4.69) is 16.6 Å². The number of nitrogens with zero attached hydrogens (tertiary/aromatic N) is 4. The Kier molecular flexibility index (Phi) is 6.58. The number of primary amides is 1. The summed E-state index contributed by atoms with van der Waals surface area (Å²) in [5.41, 5.74) is 16.0. The van der Waals surface area contributed by atoms with Gasteiger partial charge >= 0.3 is 0 Å². The predicted octanol–water partition coefficient (Wildman–Crippen LogP) is 3.77. The zero-order chi connectivity index (χ0) is 22.7. The van der Waals surface area contributed by atoms with Gasteiger partial charge in [0.2, 0.25) is 0 Å². The van der Waals surface area contributed by atoms with E-state index in [-0.39, 0.29) is 11.6 Å². The molecule has 8 heteroatoms. The maximum absolute atomic E-state index is 12.3. The van der Waals surface area contributed by atoms with Gasteiger partial charge in [-0.15, -0.1) is 0 Å². The number of nitrogen functional groups attached to an aromatic ring is 1. The maximum atomic E-state index is 12.3. The molecule has 4 N–H and O–H groups in total. The van der Waals surface area contributed by atoms with Gasteiger partial charge < -0.3 is 11.5 Å². The van der Waals surface area contributed by atoms with Crippen LogP contribution in [0, 0.1) is 0 Å². The molecule has 1 amide bonds. The predicted molar refractivity (Wildman–Crippen MR) is 129 cm³/mol. The van der Waals surface area contributed by atoms with E-state index in [4.69, 9.17) is 28.2 Å². The lowest BCUT2D eigenvalue weighted by molar-refractivity contribution is 0.100. The topological polar surface area (TPSA) is 103 Å². The Morgan fingerprint density at radius 1 is 1.16 bits per heavy atom. The molecule has 1 unspecified atom stereocenters. The van der Waals surface area contributed by atoms with Gasteiger partial charge in [0.05, 0.1) is 12.7 Å². The van der Waals surface area contributed by atoms with Crippen molar-refractivity contribution in [2.45, 2.75) is 25.3 Å². The van der Waals surface area contributed by atoms with Crippen LogP contribution in [0.4, 0.5) is 5.82 Å². The number of carbonyl (C=O) groups excluding carboxylic acids is 1. The molecular formula is C24H27ClN6O. The molecule has 2 heterocycles. The van der Waals surface area contributed by atoms with Gasteiger partial charge in [0.25, 0.3) is 5.91 Å². The zero-order valence-corrected chi connectivity index (χ0v) is 18.6. The number of carbonyl (C=O) groups is 1. The molecule has 0 spiro atoms. The van der Waals surface area contributed by atoms with Crippen molar-refractivity contribution in [2.24, 2.45) is 10.7 Å². The average molecular weight is 451 g/mol. The van der Waals surface area contributed by atoms with E-state index in [1.54, 1.807) is 4.68 Å². The monoisotopic (exact) mass is 450 g/mol. The van der Waals surface area contributed by atoms with E-state index in [9.17, 15) is 4.79 Å². The van der Waals surface area contributed by atoms with Gasteiger partial charge in [-0.25, -0.2) is 4.68 Å². The molecule has 1 saturated heterocycles. The molecule has 3 aromatic rings. The fourth-order valence-electron chi connectivity index (χ4n) is 4.29. The summed E-state index contributed by atoms with van der Waals surface area (Å²) in [6.45, 7) is 5.87. The van der Waals surface area contributed by atoms with Gasteiger partial charge in [-0.1, -0.05) is 48.0 Å². The number of aliphatic imine (C=N–C) groups is 1. The van der Waals surface area contributed by atoms with Gasteiger partial charge in [-0.05, 0) is 49.2 Å². The smallest absolute Gasteiger partial charge is 0.254 e. The number of halogens is 1. The second-order valence-corrected chi connectivity index (χ2v) is 8.59. The molecule has 166 valence electrons. The van der Waals surface area contributed by atoms with Crippen LogP contribution < -0.4 is 11.5 Å². The Hall–Kier alpha value is -3.16. The number of benzene rings is 2. The summed E-state index contributed by atoms with van der Waals surface area (Å²) in [5.74, 6) is -0.259. The molecule has 1 aliphatic rings. The molecule has 0 radical (unpaired) electrons. The number of nitrogens with two attached hydrogens (primary N) is 2. The third-order valence-corrected chi connectivity index (χ3v) is 6.12. The third-order valence-electron chi connectivity index (χ3n) is 5.87. The second-order valence-electron chi connectivity index (χ2n) is 8.16. The zero-order valence-electron chi connectivity index (χ0n) is 17.9. The van der Waals surface area contributed by atoms with Crippen molar-refractivity contribution in [3.8, 4) is 11.3 Å². The fraction of sp³-hybridized carbons (Fsp3) is 0.292. The molecule has 1 aromatic heterocycles. The molecule has 7 nitrogen and oxygen atoms in total. The van der Waals surface area contributed by atoms with Crippen LogP contribution in [0.2, 0.25) is 5.02 Å². The molecule has 0 bridgehead atoms. The molecule has 4 rings (SSSR count). The van der Waals surface area contributed by atoms with Crippen molar-refractivity contribution in [1.82, 2.24) is 14.7 Å². The Labute approximate surface area is 192 Å². The summed E-state index contributed by atoms with van der Waals surface area (Å²) in [7, 11) is 0. The van der Waals surface area contributed by atoms with Crippen molar-refractivity contribution in [3.63, 3.8) is 0 Å². The highest BCUT2D eigenvalue weighted by molar-refractivity contribution is 6.30. The summed E-state index contributed by atoms with van der Waals surface area (Å²) in [5, 5.41) is 5.47. The molecule has 32 heavy (non-hydrogen) atoms. The minimum absolute atomic E-state index is 0.0570. The highest BCUT2D eigenvalue weighted by atomic mass is 35.5. The Balaban J connectivity index is 1.61. The quantitative estimate of drug-likeness (QED) is 0.535. The lowest BCUT2D eigenvalue weighted by Crippen LogP contribution is -2.37. The fourth-order valence-corrected chi connectivity index (χ4v) is 4.42. The first-order chi connectivity index (χ1) is 15.5. The Bertz CT molecular complexity index is 1110. The van der Waals surface area contributed by atoms with Gasteiger partial charge in [0, 0.05) is 23.7 Å². The van der Waals surface area contributed by atoms with Crippen LogP contribution in [0.3, 0.4) is 0 Å². The second kappa shape index (κ2) is 9.54. The summed E-state index contributed by atoms with van der Waals surface area (Å²) < 4.78 is 1.76. The van der Waals surface area contributed by atoms with E-state index in [1.165, 1.54) is 5.56 Å². The van der Waals surface area contributed by atoms with Crippen LogP contribution in [0.25, 0.3) is 11.3 Å². The van der Waals surface area contributed by atoms with Crippen LogP contribution in [0.1, 0.15) is 40.4 Å². The summed E-state index contributed by atoms with van der Waals surface area (Å²) in [4.78, 5) is 18.4. The average Bonchev–Trinajstić information content (AvgIpc) is 3.14. The van der Waals surface area contributed by atoms with Crippen LogP contribution in [-0.2, 0) is 6.42 Å². The molecule has 0 saturated carbocycles. The number of likely N-dealkylation sites (tertiary alicyclic amines) is 1.